The Kier molecular flexibility index (Phi) is 16.4. The first-order chi connectivity index (χ1) is 20.7. The summed E-state index contributed by atoms with van der Waals surface area (Å²) in [5.41, 5.74) is 6.55. The molecule has 2 bridgehead atoms. The number of Topliss-reactive ketones (excluding diaryl/α,β-unsaturated/α-hetero) is 1. The zero-order valence-corrected chi connectivity index (χ0v) is 28.2. The van der Waals surface area contributed by atoms with Crippen molar-refractivity contribution in [3.05, 3.63) is 58.5 Å². The van der Waals surface area contributed by atoms with Gasteiger partial charge in [0.2, 0.25) is 11.6 Å². The van der Waals surface area contributed by atoms with Crippen molar-refractivity contribution in [3.63, 3.8) is 0 Å². The fourth-order valence-electron chi connectivity index (χ4n) is 5.18. The summed E-state index contributed by atoms with van der Waals surface area (Å²) in [5.74, 6) is -2.06. The third kappa shape index (κ3) is 11.5. The zero-order valence-electron chi connectivity index (χ0n) is 27.4. The van der Waals surface area contributed by atoms with Crippen LogP contribution in [0.2, 0.25) is 0 Å². The van der Waals surface area contributed by atoms with E-state index in [-0.39, 0.29) is 47.3 Å². The lowest BCUT2D eigenvalue weighted by molar-refractivity contribution is -0.120. The lowest BCUT2D eigenvalue weighted by Gasteiger charge is -2.30. The standard InChI is InChI=1S/C32H48N4O8.ClH/c1-18-14-22-27(34-12-13-36(5)6)24(37)17-23(29(22)39)35-31(40)19(2)10-9-11-25(42-7)30(44-32(33)41)21(4)16-20(3)28(38)26(15-18)43-8;/h9-11,16-18,20,25-26,28,30,34,38H,12-15H2,1-8H3,(H2,33,41)(H,35,40);1H/b11-9?,19-10?,21-16+;/t18-,20+,25+,26+,28-,30+;/m1./s1. The molecule has 252 valence electrons. The summed E-state index contributed by atoms with van der Waals surface area (Å²) in [4.78, 5) is 53.7. The topological polar surface area (TPSA) is 170 Å². The molecule has 0 radical (unpaired) electrons. The number of aliphatic hydroxyl groups excluding tert-OH is 1. The summed E-state index contributed by atoms with van der Waals surface area (Å²) in [6.45, 7) is 8.09. The largest absolute Gasteiger partial charge is 0.439 e. The highest BCUT2D eigenvalue weighted by atomic mass is 35.5. The first-order valence-electron chi connectivity index (χ1n) is 14.7. The number of hydrogen-bond acceptors (Lipinski definition) is 10. The van der Waals surface area contributed by atoms with Crippen molar-refractivity contribution in [2.45, 2.75) is 65.0 Å². The SMILES string of the molecule is CO[C@H]1C=CC=C(C)C(=O)NC2=CC(=O)C(NCCN(C)C)=C(C[C@@H](C)C[C@H](OC)[C@H](O)[C@@H](C)/C=C(\C)[C@@H]1OC(N)=O)C2=O.Cl. The van der Waals surface area contributed by atoms with Gasteiger partial charge >= 0.3 is 6.09 Å². The summed E-state index contributed by atoms with van der Waals surface area (Å²) in [6.07, 6.45) is 3.88. The minimum absolute atomic E-state index is 0. The van der Waals surface area contributed by atoms with Crippen molar-refractivity contribution in [3.8, 4) is 0 Å². The molecule has 0 aromatic carbocycles. The van der Waals surface area contributed by atoms with E-state index in [2.05, 4.69) is 10.6 Å². The maximum atomic E-state index is 13.7. The number of aliphatic hydroxyl groups is 1. The molecule has 2 aliphatic rings. The van der Waals surface area contributed by atoms with E-state index in [1.54, 1.807) is 32.1 Å². The summed E-state index contributed by atoms with van der Waals surface area (Å²) in [6, 6.07) is 0. The number of amides is 2. The van der Waals surface area contributed by atoms with Gasteiger partial charge in [-0.2, -0.15) is 0 Å². The molecule has 13 heteroatoms. The van der Waals surface area contributed by atoms with Gasteiger partial charge in [0.15, 0.2) is 6.10 Å². The zero-order chi connectivity index (χ0) is 33.1. The van der Waals surface area contributed by atoms with Crippen LogP contribution in [0.1, 0.15) is 40.5 Å². The van der Waals surface area contributed by atoms with Crippen LogP contribution in [-0.4, -0.2) is 99.4 Å². The van der Waals surface area contributed by atoms with Gasteiger partial charge in [-0.1, -0.05) is 38.2 Å². The number of likely N-dealkylation sites (N-methyl/N-ethyl adjacent to an activating group) is 1. The second kappa shape index (κ2) is 18.6. The minimum Gasteiger partial charge on any atom is -0.439 e. The van der Waals surface area contributed by atoms with E-state index in [4.69, 9.17) is 19.9 Å². The first kappa shape index (κ1) is 39.7. The second-order valence-corrected chi connectivity index (χ2v) is 11.7. The van der Waals surface area contributed by atoms with Gasteiger partial charge in [-0.15, -0.1) is 12.4 Å². The number of hydrogen-bond donors (Lipinski definition) is 4. The second-order valence-electron chi connectivity index (χ2n) is 11.7. The van der Waals surface area contributed by atoms with Gasteiger partial charge in [-0.25, -0.2) is 4.79 Å². The number of fused-ring (bicyclic) bond motifs is 2. The smallest absolute Gasteiger partial charge is 0.405 e. The Labute approximate surface area is 272 Å². The van der Waals surface area contributed by atoms with Gasteiger partial charge in [0.25, 0.3) is 5.91 Å². The van der Waals surface area contributed by atoms with E-state index in [0.29, 0.717) is 25.1 Å². The molecule has 0 aromatic rings. The van der Waals surface area contributed by atoms with Crippen LogP contribution in [-0.2, 0) is 28.6 Å². The van der Waals surface area contributed by atoms with E-state index in [1.807, 2.05) is 32.8 Å². The van der Waals surface area contributed by atoms with Crippen molar-refractivity contribution in [2.75, 3.05) is 41.4 Å². The maximum absolute atomic E-state index is 13.7. The number of carbonyl (C=O) groups excluding carboxylic acids is 4. The van der Waals surface area contributed by atoms with Crippen LogP contribution in [0.15, 0.2) is 58.5 Å². The third-order valence-electron chi connectivity index (χ3n) is 7.65. The van der Waals surface area contributed by atoms with Crippen LogP contribution in [0.25, 0.3) is 0 Å². The number of rotatable bonds is 7. The van der Waals surface area contributed by atoms with Gasteiger partial charge in [0, 0.05) is 50.4 Å². The molecule has 0 aromatic heterocycles. The van der Waals surface area contributed by atoms with E-state index in [0.717, 1.165) is 6.08 Å². The Hall–Kier alpha value is -3.29. The van der Waals surface area contributed by atoms with Crippen molar-refractivity contribution >= 4 is 36.0 Å². The molecule has 0 saturated carbocycles. The summed E-state index contributed by atoms with van der Waals surface area (Å²) < 4.78 is 16.6. The van der Waals surface area contributed by atoms with Crippen LogP contribution in [0, 0.1) is 11.8 Å². The van der Waals surface area contributed by atoms with Crippen LogP contribution < -0.4 is 16.4 Å². The summed E-state index contributed by atoms with van der Waals surface area (Å²) >= 11 is 0. The monoisotopic (exact) mass is 652 g/mol. The number of carbonyl (C=O) groups is 4. The number of allylic oxidation sites excluding steroid dienone is 4. The van der Waals surface area contributed by atoms with Crippen molar-refractivity contribution in [1.29, 1.82) is 0 Å². The average molecular weight is 653 g/mol. The van der Waals surface area contributed by atoms with E-state index >= 15 is 0 Å². The van der Waals surface area contributed by atoms with Gasteiger partial charge in [-0.3, -0.25) is 14.4 Å². The molecule has 0 unspecified atom stereocenters. The summed E-state index contributed by atoms with van der Waals surface area (Å²) in [5, 5.41) is 17.0. The molecule has 1 heterocycles. The van der Waals surface area contributed by atoms with E-state index < -0.39 is 53.9 Å². The fourth-order valence-corrected chi connectivity index (χ4v) is 5.18. The average Bonchev–Trinajstić information content (AvgIpc) is 2.95. The molecule has 45 heavy (non-hydrogen) atoms. The van der Waals surface area contributed by atoms with Crippen LogP contribution in [0.5, 0.6) is 0 Å². The highest BCUT2D eigenvalue weighted by Gasteiger charge is 2.33. The Morgan fingerprint density at radius 3 is 2.40 bits per heavy atom. The normalized spacial score (nSPS) is 28.4. The Morgan fingerprint density at radius 1 is 1.16 bits per heavy atom. The molecule has 1 aliphatic carbocycles. The molecule has 12 nitrogen and oxygen atoms in total. The molecule has 0 saturated heterocycles. The number of nitrogens with two attached hydrogens (primary N) is 1. The Morgan fingerprint density at radius 2 is 1.82 bits per heavy atom. The van der Waals surface area contributed by atoms with Crippen LogP contribution >= 0.6 is 12.4 Å². The Balaban J connectivity index is 0.0000101. The fraction of sp³-hybridized carbons (Fsp3) is 0.562. The van der Waals surface area contributed by atoms with Crippen LogP contribution in [0.4, 0.5) is 4.79 Å². The third-order valence-corrected chi connectivity index (χ3v) is 7.65. The van der Waals surface area contributed by atoms with E-state index in [1.165, 1.54) is 20.3 Å². The molecular weight excluding hydrogens is 604 g/mol. The molecule has 2 amide bonds. The molecular formula is C32H49ClN4O8. The van der Waals surface area contributed by atoms with Crippen molar-refractivity contribution in [2.24, 2.45) is 17.6 Å². The number of nitrogens with zero attached hydrogens (tertiary/aromatic N) is 1. The molecule has 1 aliphatic heterocycles. The molecule has 0 spiro atoms. The number of primary amides is 1. The van der Waals surface area contributed by atoms with Gasteiger partial charge < -0.3 is 40.6 Å². The summed E-state index contributed by atoms with van der Waals surface area (Å²) in [7, 11) is 6.74. The molecule has 2 rings (SSSR count). The number of halogens is 1. The van der Waals surface area contributed by atoms with Crippen LogP contribution in [0.3, 0.4) is 0 Å². The number of ketones is 2. The van der Waals surface area contributed by atoms with Gasteiger partial charge in [-0.05, 0) is 52.3 Å². The number of methoxy groups -OCH3 is 2. The molecule has 6 atom stereocenters. The van der Waals surface area contributed by atoms with Gasteiger partial charge in [0.05, 0.1) is 23.6 Å². The number of nitrogens with one attached hydrogen (secondary N) is 2. The highest BCUT2D eigenvalue weighted by molar-refractivity contribution is 6.23. The lowest BCUT2D eigenvalue weighted by atomic mass is 9.85. The predicted octanol–water partition coefficient (Wildman–Crippen LogP) is 2.34. The highest BCUT2D eigenvalue weighted by Crippen LogP contribution is 2.28. The predicted molar refractivity (Wildman–Crippen MR) is 173 cm³/mol. The van der Waals surface area contributed by atoms with E-state index in [9.17, 15) is 24.3 Å². The van der Waals surface area contributed by atoms with Gasteiger partial charge in [0.1, 0.15) is 6.10 Å². The first-order valence-corrected chi connectivity index (χ1v) is 14.7. The number of ether oxygens (including phenoxy) is 3. The minimum atomic E-state index is -0.997. The maximum Gasteiger partial charge on any atom is 0.405 e. The molecule has 0 fully saturated rings. The molecule has 5 N–H and O–H groups in total. The lowest BCUT2D eigenvalue weighted by Crippen LogP contribution is -2.38. The Bertz CT molecular complexity index is 1240. The quantitative estimate of drug-likeness (QED) is 0.237. The van der Waals surface area contributed by atoms with Crippen molar-refractivity contribution in [1.82, 2.24) is 15.5 Å². The van der Waals surface area contributed by atoms with Crippen molar-refractivity contribution < 1.29 is 38.5 Å².